The third kappa shape index (κ3) is 4.80. The van der Waals surface area contributed by atoms with E-state index in [9.17, 15) is 10.1 Å². The standard InChI is InChI=1S/C34H30N6O4/c1-43-30-14-11-22(20-31(30)44-2)32-25(24-7-3-5-9-27(24)36-32)15-17-35-34-37-28-10-6-4-8-26(28)33(38-34)39-18-16-21-19-23(40(41)42)12-13-29(21)39/h3-14,19-20,36H,15-18H2,1-2H3,(H,35,37,38). The summed E-state index contributed by atoms with van der Waals surface area (Å²) in [7, 11) is 3.27. The van der Waals surface area contributed by atoms with Crippen LogP contribution in [0.1, 0.15) is 11.1 Å². The van der Waals surface area contributed by atoms with Crippen molar-refractivity contribution < 1.29 is 14.4 Å². The predicted molar refractivity (Wildman–Crippen MR) is 172 cm³/mol. The van der Waals surface area contributed by atoms with Crippen LogP contribution >= 0.6 is 0 Å². The number of nitrogens with zero attached hydrogens (tertiary/aromatic N) is 4. The van der Waals surface area contributed by atoms with E-state index in [0.717, 1.165) is 56.6 Å². The van der Waals surface area contributed by atoms with Gasteiger partial charge < -0.3 is 24.7 Å². The fourth-order valence-corrected chi connectivity index (χ4v) is 6.06. The monoisotopic (exact) mass is 586 g/mol. The lowest BCUT2D eigenvalue weighted by atomic mass is 10.0. The average Bonchev–Trinajstić information content (AvgIpc) is 3.65. The van der Waals surface area contributed by atoms with Gasteiger partial charge in [0.2, 0.25) is 5.95 Å². The molecule has 6 aromatic rings. The first-order valence-electron chi connectivity index (χ1n) is 14.4. The second-order valence-electron chi connectivity index (χ2n) is 10.6. The first-order chi connectivity index (χ1) is 21.5. The number of aromatic nitrogens is 3. The number of rotatable bonds is 9. The largest absolute Gasteiger partial charge is 0.493 e. The molecule has 10 heteroatoms. The molecule has 1 aliphatic heterocycles. The summed E-state index contributed by atoms with van der Waals surface area (Å²) in [5.74, 6) is 2.66. The predicted octanol–water partition coefficient (Wildman–Crippen LogP) is 7.05. The minimum atomic E-state index is -0.352. The lowest BCUT2D eigenvalue weighted by molar-refractivity contribution is -0.384. The lowest BCUT2D eigenvalue weighted by Gasteiger charge is -2.21. The number of benzene rings is 4. The first-order valence-corrected chi connectivity index (χ1v) is 14.4. The number of nitrogens with one attached hydrogen (secondary N) is 2. The van der Waals surface area contributed by atoms with Crippen molar-refractivity contribution in [3.8, 4) is 22.8 Å². The number of nitro groups is 1. The van der Waals surface area contributed by atoms with Crippen molar-refractivity contribution >= 4 is 44.9 Å². The van der Waals surface area contributed by atoms with Gasteiger partial charge in [-0.2, -0.15) is 4.98 Å². The molecular weight excluding hydrogens is 556 g/mol. The molecule has 0 aliphatic carbocycles. The van der Waals surface area contributed by atoms with Gasteiger partial charge in [0.1, 0.15) is 5.82 Å². The van der Waals surface area contributed by atoms with E-state index in [1.54, 1.807) is 26.4 Å². The van der Waals surface area contributed by atoms with Crippen LogP contribution in [0.3, 0.4) is 0 Å². The zero-order chi connectivity index (χ0) is 30.2. The molecule has 0 unspecified atom stereocenters. The second-order valence-corrected chi connectivity index (χ2v) is 10.6. The number of methoxy groups -OCH3 is 2. The van der Waals surface area contributed by atoms with Crippen LogP contribution in [0, 0.1) is 10.1 Å². The Morgan fingerprint density at radius 2 is 1.73 bits per heavy atom. The molecule has 0 atom stereocenters. The van der Waals surface area contributed by atoms with Crippen LogP contribution in [0.4, 0.5) is 23.1 Å². The van der Waals surface area contributed by atoms with Gasteiger partial charge in [-0.1, -0.05) is 30.3 Å². The highest BCUT2D eigenvalue weighted by Crippen LogP contribution is 2.39. The molecule has 10 nitrogen and oxygen atoms in total. The van der Waals surface area contributed by atoms with Gasteiger partial charge in [-0.05, 0) is 66.4 Å². The van der Waals surface area contributed by atoms with E-state index < -0.39 is 0 Å². The van der Waals surface area contributed by atoms with Gasteiger partial charge in [0.15, 0.2) is 11.5 Å². The van der Waals surface area contributed by atoms with E-state index >= 15 is 0 Å². The molecule has 44 heavy (non-hydrogen) atoms. The number of hydrogen-bond donors (Lipinski definition) is 2. The number of H-pyrrole nitrogens is 1. The van der Waals surface area contributed by atoms with Crippen LogP contribution in [-0.2, 0) is 12.8 Å². The smallest absolute Gasteiger partial charge is 0.269 e. The van der Waals surface area contributed by atoms with Crippen LogP contribution in [0.25, 0.3) is 33.1 Å². The molecule has 0 amide bonds. The highest BCUT2D eigenvalue weighted by molar-refractivity contribution is 5.94. The van der Waals surface area contributed by atoms with E-state index in [4.69, 9.17) is 19.4 Å². The van der Waals surface area contributed by atoms with Crippen molar-refractivity contribution in [2.75, 3.05) is 37.5 Å². The molecular formula is C34H30N6O4. The van der Waals surface area contributed by atoms with Crippen molar-refractivity contribution in [1.29, 1.82) is 0 Å². The fraction of sp³-hybridized carbons (Fsp3) is 0.176. The van der Waals surface area contributed by atoms with Crippen LogP contribution < -0.4 is 19.7 Å². The topological polar surface area (TPSA) is 118 Å². The number of non-ortho nitro benzene ring substituents is 1. The maximum Gasteiger partial charge on any atom is 0.269 e. The second kappa shape index (κ2) is 11.2. The van der Waals surface area contributed by atoms with Crippen LogP contribution in [0.2, 0.25) is 0 Å². The van der Waals surface area contributed by atoms with E-state index in [2.05, 4.69) is 27.3 Å². The Kier molecular flexibility index (Phi) is 6.94. The Balaban J connectivity index is 1.20. The number of anilines is 3. The Morgan fingerprint density at radius 1 is 0.932 bits per heavy atom. The minimum Gasteiger partial charge on any atom is -0.493 e. The summed E-state index contributed by atoms with van der Waals surface area (Å²) in [6, 6.07) is 27.2. The summed E-state index contributed by atoms with van der Waals surface area (Å²) in [5, 5.41) is 16.9. The molecule has 0 radical (unpaired) electrons. The quantitative estimate of drug-likeness (QED) is 0.137. The number of aromatic amines is 1. The minimum absolute atomic E-state index is 0.102. The van der Waals surface area contributed by atoms with Crippen LogP contribution in [0.5, 0.6) is 11.5 Å². The van der Waals surface area contributed by atoms with E-state index in [0.29, 0.717) is 37.0 Å². The van der Waals surface area contributed by atoms with Crippen molar-refractivity contribution in [2.24, 2.45) is 0 Å². The van der Waals surface area contributed by atoms with Crippen molar-refractivity contribution in [2.45, 2.75) is 12.8 Å². The zero-order valence-electron chi connectivity index (χ0n) is 24.3. The van der Waals surface area contributed by atoms with E-state index in [1.807, 2.05) is 60.7 Å². The van der Waals surface area contributed by atoms with E-state index in [1.165, 1.54) is 5.56 Å². The van der Waals surface area contributed by atoms with Gasteiger partial charge in [-0.25, -0.2) is 4.98 Å². The zero-order valence-corrected chi connectivity index (χ0v) is 24.3. The SMILES string of the molecule is COc1ccc(-c2[nH]c3ccccc3c2CCNc2nc(N3CCc4cc([N+](=O)[O-])ccc43)c3ccccc3n2)cc1OC. The molecule has 0 saturated carbocycles. The Hall–Kier alpha value is -5.64. The van der Waals surface area contributed by atoms with Gasteiger partial charge >= 0.3 is 0 Å². The van der Waals surface area contributed by atoms with Crippen LogP contribution in [0.15, 0.2) is 84.9 Å². The van der Waals surface area contributed by atoms with Gasteiger partial charge in [0, 0.05) is 58.5 Å². The normalized spacial score (nSPS) is 12.5. The summed E-state index contributed by atoms with van der Waals surface area (Å²) < 4.78 is 11.0. The van der Waals surface area contributed by atoms with Crippen LogP contribution in [-0.4, -0.2) is 47.2 Å². The Morgan fingerprint density at radius 3 is 2.55 bits per heavy atom. The maximum atomic E-state index is 11.3. The molecule has 0 spiro atoms. The molecule has 3 heterocycles. The Bertz CT molecular complexity index is 2040. The van der Waals surface area contributed by atoms with Crippen molar-refractivity contribution in [1.82, 2.24) is 15.0 Å². The van der Waals surface area contributed by atoms with Gasteiger partial charge in [-0.3, -0.25) is 10.1 Å². The third-order valence-electron chi connectivity index (χ3n) is 8.15. The van der Waals surface area contributed by atoms with Gasteiger partial charge in [0.05, 0.1) is 24.7 Å². The molecule has 0 fully saturated rings. The summed E-state index contributed by atoms with van der Waals surface area (Å²) in [6.45, 7) is 1.28. The molecule has 2 N–H and O–H groups in total. The molecule has 0 bridgehead atoms. The highest BCUT2D eigenvalue weighted by Gasteiger charge is 2.26. The molecule has 2 aromatic heterocycles. The first kappa shape index (κ1) is 27.2. The van der Waals surface area contributed by atoms with Crippen molar-refractivity contribution in [3.05, 3.63) is 106 Å². The van der Waals surface area contributed by atoms with Gasteiger partial charge in [-0.15, -0.1) is 0 Å². The lowest BCUT2D eigenvalue weighted by Crippen LogP contribution is -2.17. The fourth-order valence-electron chi connectivity index (χ4n) is 6.06. The van der Waals surface area contributed by atoms with Crippen molar-refractivity contribution in [3.63, 3.8) is 0 Å². The number of para-hydroxylation sites is 2. The van der Waals surface area contributed by atoms with Gasteiger partial charge in [0.25, 0.3) is 5.69 Å². The molecule has 1 aliphatic rings. The highest BCUT2D eigenvalue weighted by atomic mass is 16.6. The summed E-state index contributed by atoms with van der Waals surface area (Å²) in [5.41, 5.74) is 7.07. The van der Waals surface area contributed by atoms with E-state index in [-0.39, 0.29) is 10.6 Å². The number of fused-ring (bicyclic) bond motifs is 3. The summed E-state index contributed by atoms with van der Waals surface area (Å²) in [4.78, 5) is 26.5. The average molecular weight is 587 g/mol. The molecule has 220 valence electrons. The number of hydrogen-bond acceptors (Lipinski definition) is 8. The third-order valence-corrected chi connectivity index (χ3v) is 8.15. The Labute approximate surface area is 253 Å². The number of nitro benzene ring substituents is 1. The maximum absolute atomic E-state index is 11.3. The molecule has 7 rings (SSSR count). The molecule has 4 aromatic carbocycles. The summed E-state index contributed by atoms with van der Waals surface area (Å²) in [6.07, 6.45) is 1.42. The number of ether oxygens (including phenoxy) is 2. The molecule has 0 saturated heterocycles. The summed E-state index contributed by atoms with van der Waals surface area (Å²) >= 11 is 0.